The summed E-state index contributed by atoms with van der Waals surface area (Å²) in [6, 6.07) is -1.64. The van der Waals surface area contributed by atoms with E-state index in [1.165, 1.54) is 0 Å². The van der Waals surface area contributed by atoms with Gasteiger partial charge in [-0.1, -0.05) is 47.5 Å². The number of nitrogens with one attached hydrogen (secondary N) is 1. The van der Waals surface area contributed by atoms with Gasteiger partial charge in [0.05, 0.1) is 6.04 Å². The fourth-order valence-electron chi connectivity index (χ4n) is 4.72. The summed E-state index contributed by atoms with van der Waals surface area (Å²) in [5, 5.41) is 11.8. The molecule has 1 aliphatic heterocycles. The number of nitrogens with zero attached hydrogens (tertiary/aromatic N) is 1. The molecule has 0 spiro atoms. The number of likely N-dealkylation sites (tertiary alicyclic amines) is 1. The summed E-state index contributed by atoms with van der Waals surface area (Å²) >= 11 is 0. The van der Waals surface area contributed by atoms with Gasteiger partial charge in [0.2, 0.25) is 11.8 Å². The number of carbonyl (C=O) groups is 4. The summed E-state index contributed by atoms with van der Waals surface area (Å²) in [5.74, 6) is -2.33. The molecule has 2 unspecified atom stereocenters. The molecule has 3 fully saturated rings. The van der Waals surface area contributed by atoms with E-state index >= 15 is 0 Å². The van der Waals surface area contributed by atoms with Crippen molar-refractivity contribution < 1.29 is 24.3 Å². The van der Waals surface area contributed by atoms with Gasteiger partial charge >= 0.3 is 5.97 Å². The normalized spacial score (nSPS) is 29.0. The smallest absolute Gasteiger partial charge is 0.374 e. The number of amides is 2. The largest absolute Gasteiger partial charge is 0.475 e. The van der Waals surface area contributed by atoms with Crippen LogP contribution in [0.15, 0.2) is 0 Å². The standard InChI is InChI=1S/C21H32N2O5/c1-20(2,3)9-14(24)23-10-12-15(21(12,4)5)16(23)18(26)22-13(8-11-6-7-11)17(25)19(27)28/h11-13,15-16H,6-10H2,1-5H3,(H,22,26)(H,27,28)/t12?,13?,15-,16-/m0/s1. The molecule has 0 aromatic carbocycles. The summed E-state index contributed by atoms with van der Waals surface area (Å²) in [7, 11) is 0. The van der Waals surface area contributed by atoms with E-state index in [2.05, 4.69) is 19.2 Å². The molecule has 2 saturated carbocycles. The fourth-order valence-corrected chi connectivity index (χ4v) is 4.72. The zero-order valence-corrected chi connectivity index (χ0v) is 17.4. The minimum atomic E-state index is -1.53. The molecule has 2 aliphatic carbocycles. The van der Waals surface area contributed by atoms with Gasteiger partial charge in [0.15, 0.2) is 0 Å². The number of fused-ring (bicyclic) bond motifs is 1. The molecule has 3 aliphatic rings. The Morgan fingerprint density at radius 3 is 2.29 bits per heavy atom. The molecule has 2 amide bonds. The van der Waals surface area contributed by atoms with Gasteiger partial charge in [-0.2, -0.15) is 0 Å². The van der Waals surface area contributed by atoms with Crippen molar-refractivity contribution in [2.75, 3.05) is 6.54 Å². The fraction of sp³-hybridized carbons (Fsp3) is 0.810. The summed E-state index contributed by atoms with van der Waals surface area (Å²) in [4.78, 5) is 50.9. The third kappa shape index (κ3) is 4.08. The second-order valence-corrected chi connectivity index (χ2v) is 10.6. The number of Topliss-reactive ketones (excluding diaryl/α,β-unsaturated/α-hetero) is 1. The van der Waals surface area contributed by atoms with Gasteiger partial charge in [-0.3, -0.25) is 14.4 Å². The van der Waals surface area contributed by atoms with Crippen LogP contribution in [0.5, 0.6) is 0 Å². The van der Waals surface area contributed by atoms with E-state index in [1.54, 1.807) is 4.90 Å². The minimum Gasteiger partial charge on any atom is -0.475 e. The van der Waals surface area contributed by atoms with Crippen LogP contribution < -0.4 is 5.32 Å². The highest BCUT2D eigenvalue weighted by Gasteiger charge is 2.69. The van der Waals surface area contributed by atoms with E-state index in [0.717, 1.165) is 12.8 Å². The summed E-state index contributed by atoms with van der Waals surface area (Å²) in [5.41, 5.74) is -0.211. The molecule has 0 aromatic heterocycles. The molecular formula is C21H32N2O5. The average Bonchev–Trinajstić information content (AvgIpc) is 3.39. The predicted octanol–water partition coefficient (Wildman–Crippen LogP) is 1.84. The predicted molar refractivity (Wildman–Crippen MR) is 102 cm³/mol. The third-order valence-electron chi connectivity index (χ3n) is 6.59. The van der Waals surface area contributed by atoms with Crippen molar-refractivity contribution in [3.05, 3.63) is 0 Å². The SMILES string of the molecule is CC(C)(C)CC(=O)N1CC2[C@@H]([C@H]1C(=O)NC(CC1CC1)C(=O)C(=O)O)C2(C)C. The van der Waals surface area contributed by atoms with Crippen LogP contribution in [0.4, 0.5) is 0 Å². The van der Waals surface area contributed by atoms with E-state index in [9.17, 15) is 19.2 Å². The van der Waals surface area contributed by atoms with Gasteiger partial charge in [0.25, 0.3) is 5.78 Å². The summed E-state index contributed by atoms with van der Waals surface area (Å²) in [6.07, 6.45) is 2.61. The molecule has 28 heavy (non-hydrogen) atoms. The van der Waals surface area contributed by atoms with Crippen molar-refractivity contribution in [1.29, 1.82) is 0 Å². The molecule has 7 nitrogen and oxygen atoms in total. The lowest BCUT2D eigenvalue weighted by molar-refractivity contribution is -0.151. The van der Waals surface area contributed by atoms with Gasteiger partial charge in [-0.05, 0) is 35.0 Å². The Morgan fingerprint density at radius 1 is 1.18 bits per heavy atom. The number of aliphatic carboxylic acids is 1. The summed E-state index contributed by atoms with van der Waals surface area (Å²) < 4.78 is 0. The first-order valence-corrected chi connectivity index (χ1v) is 10.2. The Morgan fingerprint density at radius 2 is 1.79 bits per heavy atom. The van der Waals surface area contributed by atoms with Gasteiger partial charge < -0.3 is 15.3 Å². The maximum Gasteiger partial charge on any atom is 0.374 e. The van der Waals surface area contributed by atoms with Crippen molar-refractivity contribution in [2.45, 2.75) is 72.4 Å². The number of rotatable bonds is 7. The first-order valence-electron chi connectivity index (χ1n) is 10.2. The van der Waals surface area contributed by atoms with Crippen LogP contribution in [-0.2, 0) is 19.2 Å². The highest BCUT2D eigenvalue weighted by atomic mass is 16.4. The van der Waals surface area contributed by atoms with Gasteiger partial charge in [-0.25, -0.2) is 4.79 Å². The lowest BCUT2D eigenvalue weighted by Gasteiger charge is -2.33. The maximum atomic E-state index is 13.1. The number of carboxylic acid groups (broad SMARTS) is 1. The number of piperidine rings is 1. The van der Waals surface area contributed by atoms with Crippen LogP contribution >= 0.6 is 0 Å². The average molecular weight is 392 g/mol. The Labute approximate surface area is 166 Å². The van der Waals surface area contributed by atoms with Gasteiger partial charge in [0, 0.05) is 13.0 Å². The quantitative estimate of drug-likeness (QED) is 0.644. The Kier molecular flexibility index (Phi) is 5.09. The summed E-state index contributed by atoms with van der Waals surface area (Å²) in [6.45, 7) is 10.7. The van der Waals surface area contributed by atoms with Crippen LogP contribution in [0.25, 0.3) is 0 Å². The number of carbonyl (C=O) groups excluding carboxylic acids is 3. The number of carboxylic acids is 1. The van der Waals surface area contributed by atoms with Gasteiger partial charge in [-0.15, -0.1) is 0 Å². The second kappa shape index (κ2) is 6.85. The highest BCUT2D eigenvalue weighted by molar-refractivity contribution is 6.35. The molecular weight excluding hydrogens is 360 g/mol. The molecule has 0 radical (unpaired) electrons. The monoisotopic (exact) mass is 392 g/mol. The molecule has 3 rings (SSSR count). The number of hydrogen-bond donors (Lipinski definition) is 2. The molecule has 156 valence electrons. The van der Waals surface area contributed by atoms with E-state index in [-0.39, 0.29) is 34.5 Å². The number of hydrogen-bond acceptors (Lipinski definition) is 4. The Balaban J connectivity index is 1.76. The van der Waals surface area contributed by atoms with E-state index < -0.39 is 23.8 Å². The van der Waals surface area contributed by atoms with Crippen LogP contribution in [0.2, 0.25) is 0 Å². The molecule has 2 N–H and O–H groups in total. The molecule has 1 heterocycles. The van der Waals surface area contributed by atoms with Crippen molar-refractivity contribution >= 4 is 23.6 Å². The van der Waals surface area contributed by atoms with Crippen LogP contribution in [-0.4, -0.2) is 52.2 Å². The lowest BCUT2D eigenvalue weighted by atomic mass is 9.90. The van der Waals surface area contributed by atoms with Crippen molar-refractivity contribution in [3.8, 4) is 0 Å². The molecule has 0 aromatic rings. The van der Waals surface area contributed by atoms with Crippen molar-refractivity contribution in [1.82, 2.24) is 10.2 Å². The van der Waals surface area contributed by atoms with E-state index in [0.29, 0.717) is 25.3 Å². The zero-order valence-electron chi connectivity index (χ0n) is 17.4. The van der Waals surface area contributed by atoms with E-state index in [4.69, 9.17) is 5.11 Å². The lowest BCUT2D eigenvalue weighted by Crippen LogP contribution is -2.54. The molecule has 4 atom stereocenters. The zero-order chi connectivity index (χ0) is 21.0. The third-order valence-corrected chi connectivity index (χ3v) is 6.59. The van der Waals surface area contributed by atoms with E-state index in [1.807, 2.05) is 20.8 Å². The maximum absolute atomic E-state index is 13.1. The molecule has 1 saturated heterocycles. The highest BCUT2D eigenvalue weighted by Crippen LogP contribution is 2.65. The second-order valence-electron chi connectivity index (χ2n) is 10.6. The molecule has 7 heteroatoms. The van der Waals surface area contributed by atoms with Crippen LogP contribution in [0, 0.1) is 28.6 Å². The Bertz CT molecular complexity index is 704. The van der Waals surface area contributed by atoms with Crippen LogP contribution in [0.3, 0.4) is 0 Å². The topological polar surface area (TPSA) is 104 Å². The van der Waals surface area contributed by atoms with Gasteiger partial charge in [0.1, 0.15) is 6.04 Å². The van der Waals surface area contributed by atoms with Crippen LogP contribution in [0.1, 0.15) is 60.3 Å². The van der Waals surface area contributed by atoms with Crippen molar-refractivity contribution in [2.24, 2.45) is 28.6 Å². The first-order chi connectivity index (χ1) is 12.8. The number of ketones is 1. The minimum absolute atomic E-state index is 0.0245. The van der Waals surface area contributed by atoms with Crippen molar-refractivity contribution in [3.63, 3.8) is 0 Å². The first kappa shape index (κ1) is 20.8. The molecule has 0 bridgehead atoms. The Hall–Kier alpha value is -1.92.